The van der Waals surface area contributed by atoms with Crippen LogP contribution in [-0.4, -0.2) is 29.0 Å². The Labute approximate surface area is 118 Å². The number of rotatable bonds is 3. The van der Waals surface area contributed by atoms with Crippen molar-refractivity contribution in [2.75, 3.05) is 0 Å². The molecule has 1 aliphatic heterocycles. The van der Waals surface area contributed by atoms with E-state index in [1.807, 2.05) is 0 Å². The lowest BCUT2D eigenvalue weighted by Crippen LogP contribution is -2.32. The highest BCUT2D eigenvalue weighted by atomic mass is 32.2. The molecule has 0 saturated heterocycles. The van der Waals surface area contributed by atoms with Gasteiger partial charge in [0.25, 0.3) is 9.84 Å². The normalized spacial score (nSPS) is 19.0. The van der Waals surface area contributed by atoms with Crippen LogP contribution in [0.3, 0.4) is 0 Å². The predicted molar refractivity (Wildman–Crippen MR) is 65.0 cm³/mol. The summed E-state index contributed by atoms with van der Waals surface area (Å²) in [5, 5.41) is 1.16. The van der Waals surface area contributed by atoms with Gasteiger partial charge in [0, 0.05) is 7.05 Å². The van der Waals surface area contributed by atoms with E-state index >= 15 is 0 Å². The Bertz CT molecular complexity index is 724. The first-order valence-corrected chi connectivity index (χ1v) is 7.24. The maximum Gasteiger partial charge on any atom is 0.396 e. The number of aryl methyl sites for hydroxylation is 2. The monoisotopic (exact) mass is 326 g/mol. The number of nitrogens with zero attached hydrogens (tertiary/aromatic N) is 3. The van der Waals surface area contributed by atoms with E-state index in [0.717, 1.165) is 4.80 Å². The molecular weight excluding hydrogens is 313 g/mol. The minimum Gasteiger partial charge on any atom is -0.262 e. The molecule has 21 heavy (non-hydrogen) atoms. The average molecular weight is 326 g/mol. The highest BCUT2D eigenvalue weighted by Crippen LogP contribution is 2.42. The number of aromatic nitrogens is 3. The van der Waals surface area contributed by atoms with Crippen molar-refractivity contribution in [3.05, 3.63) is 22.2 Å². The molecule has 0 fully saturated rings. The zero-order valence-electron chi connectivity index (χ0n) is 11.6. The van der Waals surface area contributed by atoms with Crippen LogP contribution < -0.4 is 5.48 Å². The van der Waals surface area contributed by atoms with Crippen LogP contribution in [0.2, 0.25) is 0 Å². The first kappa shape index (κ1) is 15.8. The summed E-state index contributed by atoms with van der Waals surface area (Å²) in [5.41, 5.74) is -1.27. The van der Waals surface area contributed by atoms with Crippen molar-refractivity contribution in [1.82, 2.24) is 20.5 Å². The van der Waals surface area contributed by atoms with Gasteiger partial charge in [-0.05, 0) is 20.8 Å². The molecule has 0 saturated carbocycles. The molecule has 118 valence electrons. The first-order chi connectivity index (χ1) is 9.41. The fraction of sp³-hybridized carbons (Fsp3) is 0.600. The number of alkyl halides is 2. The summed E-state index contributed by atoms with van der Waals surface area (Å²) in [4.78, 5) is 5.47. The second-order valence-corrected chi connectivity index (χ2v) is 6.93. The van der Waals surface area contributed by atoms with Gasteiger partial charge in [-0.2, -0.15) is 23.8 Å². The van der Waals surface area contributed by atoms with Gasteiger partial charge in [0.15, 0.2) is 16.5 Å². The summed E-state index contributed by atoms with van der Waals surface area (Å²) < 4.78 is 66.6. The van der Waals surface area contributed by atoms with E-state index < -0.39 is 37.2 Å². The smallest absolute Gasteiger partial charge is 0.262 e. The molecule has 2 rings (SSSR count). The molecular formula is C10H13F3N4O3S. The van der Waals surface area contributed by atoms with Gasteiger partial charge >= 0.3 is 5.25 Å². The van der Waals surface area contributed by atoms with E-state index in [-0.39, 0.29) is 5.69 Å². The van der Waals surface area contributed by atoms with Gasteiger partial charge < -0.3 is 0 Å². The maximum absolute atomic E-state index is 14.3. The molecule has 0 spiro atoms. The van der Waals surface area contributed by atoms with E-state index in [0.29, 0.717) is 0 Å². The summed E-state index contributed by atoms with van der Waals surface area (Å²) in [6.45, 7) is 3.58. The SMILES string of the molecule is Cc1nn(C)nc1C(F)(F)S(=O)(=O)C1=C(F)C(C)(C)ON1. The van der Waals surface area contributed by atoms with Crippen LogP contribution in [0.5, 0.6) is 0 Å². The zero-order valence-corrected chi connectivity index (χ0v) is 12.4. The van der Waals surface area contributed by atoms with Gasteiger partial charge in [0.2, 0.25) is 0 Å². The molecule has 0 aromatic carbocycles. The zero-order chi connectivity index (χ0) is 16.2. The van der Waals surface area contributed by atoms with Gasteiger partial charge in [-0.15, -0.1) is 0 Å². The van der Waals surface area contributed by atoms with Crippen molar-refractivity contribution in [2.24, 2.45) is 7.05 Å². The third-order valence-corrected chi connectivity index (χ3v) is 4.56. The van der Waals surface area contributed by atoms with Crippen molar-refractivity contribution in [2.45, 2.75) is 31.6 Å². The topological polar surface area (TPSA) is 86.1 Å². The van der Waals surface area contributed by atoms with E-state index in [2.05, 4.69) is 15.0 Å². The molecule has 1 N–H and O–H groups in total. The predicted octanol–water partition coefficient (Wildman–Crippen LogP) is 1.04. The maximum atomic E-state index is 14.3. The molecule has 0 aliphatic carbocycles. The van der Waals surface area contributed by atoms with Crippen LogP contribution in [0.1, 0.15) is 25.2 Å². The van der Waals surface area contributed by atoms with E-state index in [4.69, 9.17) is 0 Å². The standard InChI is InChI=1S/C10H13F3N4O3S/c1-5-7(15-17(4)14-5)10(12,13)21(18,19)8-6(11)9(2,3)20-16-8/h16H,1-4H3. The lowest BCUT2D eigenvalue weighted by atomic mass is 10.1. The number of halogens is 3. The summed E-state index contributed by atoms with van der Waals surface area (Å²) >= 11 is 0. The largest absolute Gasteiger partial charge is 0.396 e. The van der Waals surface area contributed by atoms with Crippen molar-refractivity contribution in [1.29, 1.82) is 0 Å². The minimum atomic E-state index is -5.40. The Morgan fingerprint density at radius 3 is 2.29 bits per heavy atom. The molecule has 0 amide bonds. The lowest BCUT2D eigenvalue weighted by molar-refractivity contribution is -0.0275. The second-order valence-electron chi connectivity index (χ2n) is 5.00. The molecule has 1 aliphatic rings. The molecule has 0 atom stereocenters. The van der Waals surface area contributed by atoms with E-state index in [9.17, 15) is 21.6 Å². The van der Waals surface area contributed by atoms with Gasteiger partial charge in [-0.25, -0.2) is 12.8 Å². The fourth-order valence-electron chi connectivity index (χ4n) is 1.74. The van der Waals surface area contributed by atoms with Crippen molar-refractivity contribution in [3.63, 3.8) is 0 Å². The van der Waals surface area contributed by atoms with Crippen LogP contribution in [0.4, 0.5) is 13.2 Å². The third kappa shape index (κ3) is 2.20. The average Bonchev–Trinajstić information content (AvgIpc) is 2.80. The van der Waals surface area contributed by atoms with E-state index in [1.165, 1.54) is 27.8 Å². The van der Waals surface area contributed by atoms with Crippen LogP contribution in [0.15, 0.2) is 10.9 Å². The molecule has 0 unspecified atom stereocenters. The summed E-state index contributed by atoms with van der Waals surface area (Å²) in [5.74, 6) is -1.33. The molecule has 1 aromatic rings. The third-order valence-electron chi connectivity index (χ3n) is 2.89. The number of nitrogens with one attached hydrogen (secondary N) is 1. The summed E-state index contributed by atoms with van der Waals surface area (Å²) in [6, 6.07) is 0. The minimum absolute atomic E-state index is 0.273. The molecule has 0 radical (unpaired) electrons. The van der Waals surface area contributed by atoms with Crippen LogP contribution in [0.25, 0.3) is 0 Å². The number of hydroxylamine groups is 1. The Morgan fingerprint density at radius 2 is 1.90 bits per heavy atom. The number of sulfone groups is 1. The molecule has 2 heterocycles. The van der Waals surface area contributed by atoms with Crippen LogP contribution in [-0.2, 0) is 27.0 Å². The highest BCUT2D eigenvalue weighted by molar-refractivity contribution is 7.95. The quantitative estimate of drug-likeness (QED) is 0.893. The van der Waals surface area contributed by atoms with Crippen molar-refractivity contribution in [3.8, 4) is 0 Å². The van der Waals surface area contributed by atoms with Gasteiger partial charge in [-0.3, -0.25) is 10.3 Å². The fourth-order valence-corrected chi connectivity index (χ4v) is 3.07. The summed E-state index contributed by atoms with van der Waals surface area (Å²) in [7, 11) is -4.14. The van der Waals surface area contributed by atoms with Gasteiger partial charge in [0.1, 0.15) is 5.60 Å². The first-order valence-electron chi connectivity index (χ1n) is 5.76. The van der Waals surface area contributed by atoms with Crippen LogP contribution in [0, 0.1) is 6.92 Å². The summed E-state index contributed by atoms with van der Waals surface area (Å²) in [6.07, 6.45) is 0. The van der Waals surface area contributed by atoms with E-state index in [1.54, 1.807) is 5.48 Å². The Kier molecular flexibility index (Phi) is 3.33. The second kappa shape index (κ2) is 4.44. The van der Waals surface area contributed by atoms with Crippen LogP contribution >= 0.6 is 0 Å². The highest BCUT2D eigenvalue weighted by Gasteiger charge is 2.56. The molecule has 11 heteroatoms. The Hall–Kier alpha value is -1.62. The van der Waals surface area contributed by atoms with Gasteiger partial charge in [0.05, 0.1) is 5.69 Å². The van der Waals surface area contributed by atoms with Gasteiger partial charge in [-0.1, -0.05) is 0 Å². The molecule has 0 bridgehead atoms. The molecule has 7 nitrogen and oxygen atoms in total. The lowest BCUT2D eigenvalue weighted by Gasteiger charge is -2.15. The van der Waals surface area contributed by atoms with Crippen molar-refractivity contribution >= 4 is 9.84 Å². The Morgan fingerprint density at radius 1 is 1.33 bits per heavy atom. The Balaban J connectivity index is 2.59. The number of hydrogen-bond donors (Lipinski definition) is 1. The molecule has 1 aromatic heterocycles. The van der Waals surface area contributed by atoms with Crippen molar-refractivity contribution < 1.29 is 26.4 Å². The number of hydrogen-bond acceptors (Lipinski definition) is 6.